The number of aliphatic carboxylic acids is 1. The van der Waals surface area contributed by atoms with Gasteiger partial charge in [0, 0.05) is 35.6 Å². The van der Waals surface area contributed by atoms with Gasteiger partial charge in [0.25, 0.3) is 5.88 Å². The second-order valence-corrected chi connectivity index (χ2v) is 29.2. The normalized spacial score (nSPS) is 19.6. The molecule has 2 unspecified atom stereocenters. The number of nitrogens with zero attached hydrogens (tertiary/aromatic N) is 4. The lowest BCUT2D eigenvalue weighted by Crippen LogP contribution is -2.65. The number of aliphatic hydroxyl groups is 1. The van der Waals surface area contributed by atoms with Crippen LogP contribution in [0.15, 0.2) is 89.2 Å². The Balaban J connectivity index is 1.60. The maximum Gasteiger partial charge on any atom is 0.424 e. The number of carboxylic acid groups (broad SMARTS) is 1. The van der Waals surface area contributed by atoms with Gasteiger partial charge >= 0.3 is 18.2 Å². The van der Waals surface area contributed by atoms with E-state index in [0.29, 0.717) is 23.4 Å². The van der Waals surface area contributed by atoms with E-state index in [1.807, 2.05) is 90.0 Å². The van der Waals surface area contributed by atoms with Gasteiger partial charge in [-0.15, -0.1) is 6.58 Å². The van der Waals surface area contributed by atoms with E-state index in [0.717, 1.165) is 5.56 Å². The average Bonchev–Trinajstić information content (AvgIpc) is 3.79. The number of Topliss-reactive ketones (excluding diaryl/α,β-unsaturated/α-hetero) is 2. The van der Waals surface area contributed by atoms with Crippen molar-refractivity contribution in [2.24, 2.45) is 11.8 Å². The summed E-state index contributed by atoms with van der Waals surface area (Å²) in [5.74, 6) is -7.30. The number of hydrogen-bond acceptors (Lipinski definition) is 15. The molecule has 0 fully saturated rings. The van der Waals surface area contributed by atoms with Crippen molar-refractivity contribution in [3.63, 3.8) is 0 Å². The Morgan fingerprint density at radius 1 is 0.900 bits per heavy atom. The quantitative estimate of drug-likeness (QED) is 0.0661. The number of fused-ring (bicyclic) bond motifs is 4. The molecule has 4 aromatic rings. The highest BCUT2D eigenvalue weighted by Crippen LogP contribution is 2.61. The van der Waals surface area contributed by atoms with Gasteiger partial charge in [-0.2, -0.15) is 4.90 Å². The van der Waals surface area contributed by atoms with Crippen molar-refractivity contribution in [3.05, 3.63) is 130 Å². The van der Waals surface area contributed by atoms with Crippen molar-refractivity contribution >= 4 is 43.7 Å². The SMILES string of the molecule is C=CCN(CCC)C(Cc1c(F)c2c(c(OCc3ccccc3)c1N(C(=O)OC(C)(C)C)C(=O)OC(C)(C)C)C(=O)C1=C(O)C3(O[Si](C)(C)C(C)(C)C)C(=O)c4c(OCc5ccccc5)noc4[C@@H](N(C)CC)[C@@H]3C[C@@H]1C2)C(=O)O. The first kappa shape index (κ1) is 61.0. The van der Waals surface area contributed by atoms with Gasteiger partial charge in [0.2, 0.25) is 5.78 Å². The summed E-state index contributed by atoms with van der Waals surface area (Å²) >= 11 is 0. The summed E-state index contributed by atoms with van der Waals surface area (Å²) in [6.45, 7) is 27.2. The predicted octanol–water partition coefficient (Wildman–Crippen LogP) is 12.4. The van der Waals surface area contributed by atoms with E-state index in [-0.39, 0.29) is 67.5 Å². The summed E-state index contributed by atoms with van der Waals surface area (Å²) in [4.78, 5) is 79.9. The molecule has 0 saturated carbocycles. The van der Waals surface area contributed by atoms with E-state index in [2.05, 4.69) is 11.7 Å². The molecule has 0 saturated heterocycles. The number of aliphatic hydroxyl groups excluding tert-OH is 1. The fourth-order valence-electron chi connectivity index (χ4n) is 10.7. The number of aromatic nitrogens is 1. The number of carboxylic acids is 1. The fraction of sp³-hybridized carbons (Fsp3) is 0.508. The zero-order valence-corrected chi connectivity index (χ0v) is 49.8. The number of halogens is 1. The van der Waals surface area contributed by atoms with Crippen molar-refractivity contribution in [1.29, 1.82) is 0 Å². The number of hydrogen-bond donors (Lipinski definition) is 2. The number of anilines is 1. The number of ether oxygens (including phenoxy) is 4. The Morgan fingerprint density at radius 3 is 1.96 bits per heavy atom. The van der Waals surface area contributed by atoms with Gasteiger partial charge in [-0.3, -0.25) is 24.2 Å². The second-order valence-electron chi connectivity index (χ2n) is 24.5. The van der Waals surface area contributed by atoms with Crippen LogP contribution in [-0.4, -0.2) is 113 Å². The van der Waals surface area contributed by atoms with Gasteiger partial charge < -0.3 is 38.1 Å². The van der Waals surface area contributed by atoms with Gasteiger partial charge in [0.15, 0.2) is 31.2 Å². The van der Waals surface area contributed by atoms with Crippen molar-refractivity contribution in [2.45, 2.75) is 162 Å². The molecule has 5 atom stereocenters. The van der Waals surface area contributed by atoms with Gasteiger partial charge in [-0.05, 0) is 121 Å². The number of allylic oxidation sites excluding steroid dienone is 1. The molecule has 17 nitrogen and oxygen atoms in total. The van der Waals surface area contributed by atoms with Crippen molar-refractivity contribution in [3.8, 4) is 11.6 Å². The van der Waals surface area contributed by atoms with Crippen molar-refractivity contribution in [1.82, 2.24) is 15.0 Å². The zero-order chi connectivity index (χ0) is 59.0. The molecule has 7 rings (SSSR count). The van der Waals surface area contributed by atoms with Gasteiger partial charge in [-0.1, -0.05) is 101 Å². The van der Waals surface area contributed by atoms with E-state index < -0.39 is 124 Å². The lowest BCUT2D eigenvalue weighted by Gasteiger charge is -2.55. The molecule has 0 bridgehead atoms. The first-order valence-electron chi connectivity index (χ1n) is 27.4. The summed E-state index contributed by atoms with van der Waals surface area (Å²) in [6, 6.07) is 15.7. The molecule has 1 aromatic heterocycles. The van der Waals surface area contributed by atoms with Gasteiger partial charge in [-0.25, -0.2) is 14.0 Å². The lowest BCUT2D eigenvalue weighted by atomic mass is 9.58. The molecule has 19 heteroatoms. The van der Waals surface area contributed by atoms with E-state index in [1.165, 1.54) is 6.08 Å². The molecule has 1 heterocycles. The highest BCUT2D eigenvalue weighted by atomic mass is 28.4. The number of benzene rings is 3. The molecule has 3 aliphatic rings. The molecule has 0 radical (unpaired) electrons. The van der Waals surface area contributed by atoms with Crippen molar-refractivity contribution in [2.75, 3.05) is 31.6 Å². The van der Waals surface area contributed by atoms with E-state index in [1.54, 1.807) is 76.8 Å². The first-order chi connectivity index (χ1) is 37.4. The molecular formula is C61H79FN4O13Si. The van der Waals surface area contributed by atoms with Crippen molar-refractivity contribution < 1.29 is 66.5 Å². The van der Waals surface area contributed by atoms with Gasteiger partial charge in [0.05, 0.1) is 11.6 Å². The van der Waals surface area contributed by atoms with Crippen LogP contribution < -0.4 is 14.4 Å². The number of amides is 2. The third-order valence-electron chi connectivity index (χ3n) is 15.5. The lowest BCUT2D eigenvalue weighted by molar-refractivity contribution is -0.143. The smallest absolute Gasteiger partial charge is 0.424 e. The highest BCUT2D eigenvalue weighted by molar-refractivity contribution is 6.74. The number of ketones is 2. The zero-order valence-electron chi connectivity index (χ0n) is 48.8. The number of carbonyl (C=O) groups excluding carboxylic acids is 4. The topological polar surface area (TPSA) is 208 Å². The standard InChI is InChI=1S/C61H79FN4O13Si/c1-16-29-65(30-17-2)42(55(70)71)33-40-46(62)39-31-38-32-41-48(64(13)18-3)51-45(54(63-78-51)75-35-37-27-23-20-24-28-37)53(69)61(41,79-80(14,15)60(10,11)12)52(68)43(38)49(67)44(39)50(74-34-36-25-21-19-22-26-36)47(40)66(56(72)76-58(4,5)6)57(73)77-59(7,8)9/h16,19-28,38,41-42,48,68H,1,17-18,29-35H2,2-15H3,(H,70,71)/t38-,41-,42?,48-,61?/m0/s1. The molecule has 2 N–H and O–H groups in total. The minimum absolute atomic E-state index is 0.00860. The monoisotopic (exact) mass is 1120 g/mol. The first-order valence-corrected chi connectivity index (χ1v) is 30.3. The largest absolute Gasteiger partial charge is 0.508 e. The van der Waals surface area contributed by atoms with Crippen LogP contribution in [0.5, 0.6) is 11.6 Å². The Labute approximate surface area is 470 Å². The Kier molecular flexibility index (Phi) is 17.9. The molecule has 0 spiro atoms. The Hall–Kier alpha value is -6.67. The molecule has 0 aliphatic heterocycles. The fourth-order valence-corrected chi connectivity index (χ4v) is 12.2. The summed E-state index contributed by atoms with van der Waals surface area (Å²) in [5, 5.41) is 28.4. The molecule has 80 heavy (non-hydrogen) atoms. The molecular weight excluding hydrogens is 1040 g/mol. The average molecular weight is 1120 g/mol. The molecule has 2 amide bonds. The maximum absolute atomic E-state index is 18.9. The predicted molar refractivity (Wildman–Crippen MR) is 302 cm³/mol. The van der Waals surface area contributed by atoms with Crippen LogP contribution in [0.2, 0.25) is 18.1 Å². The maximum atomic E-state index is 18.9. The van der Waals surface area contributed by atoms with E-state index in [4.69, 9.17) is 27.9 Å². The van der Waals surface area contributed by atoms with Crippen LogP contribution in [0.25, 0.3) is 0 Å². The number of imide groups is 1. The van der Waals surface area contributed by atoms with Crippen LogP contribution in [0, 0.1) is 17.7 Å². The highest BCUT2D eigenvalue weighted by Gasteiger charge is 2.68. The summed E-state index contributed by atoms with van der Waals surface area (Å²) in [6.07, 6.45) is -1.69. The third kappa shape index (κ3) is 12.0. The summed E-state index contributed by atoms with van der Waals surface area (Å²) in [7, 11) is -1.37. The summed E-state index contributed by atoms with van der Waals surface area (Å²) < 4.78 is 57.2. The minimum Gasteiger partial charge on any atom is -0.508 e. The number of carbonyl (C=O) groups is 5. The van der Waals surface area contributed by atoms with Crippen LogP contribution in [0.1, 0.15) is 144 Å². The number of rotatable bonds is 19. The third-order valence-corrected chi connectivity index (χ3v) is 19.9. The van der Waals surface area contributed by atoms with Crippen LogP contribution in [0.4, 0.5) is 19.7 Å². The van der Waals surface area contributed by atoms with Crippen LogP contribution >= 0.6 is 0 Å². The summed E-state index contributed by atoms with van der Waals surface area (Å²) in [5.41, 5.74) is -5.61. The second kappa shape index (κ2) is 23.4. The minimum atomic E-state index is -3.21. The van der Waals surface area contributed by atoms with Crippen LogP contribution in [0.3, 0.4) is 0 Å². The molecule has 432 valence electrons. The molecule has 3 aliphatic carbocycles. The van der Waals surface area contributed by atoms with Gasteiger partial charge in [0.1, 0.15) is 53.3 Å². The van der Waals surface area contributed by atoms with Crippen LogP contribution in [-0.2, 0) is 44.7 Å². The van der Waals surface area contributed by atoms with E-state index in [9.17, 15) is 24.6 Å². The Morgan fingerprint density at radius 2 is 1.46 bits per heavy atom. The molecule has 3 aromatic carbocycles. The Bertz CT molecular complexity index is 3000. The van der Waals surface area contributed by atoms with E-state index >= 15 is 14.0 Å².